The van der Waals surface area contributed by atoms with Crippen LogP contribution in [0.3, 0.4) is 0 Å². The molecule has 0 radical (unpaired) electrons. The van der Waals surface area contributed by atoms with E-state index >= 15 is 0 Å². The standard InChI is InChI=1S/C20H25NO3/c1-13(2)9-18(20(23)24-3)21-11-15-10-16(19(22)17(15)12-21)14-7-5-4-6-8-14/h4-8,10,13,15,17-18H,9,11-12H2,1-3H3/t15?,17?,18-/m0/s1. The number of hydrogen-bond donors (Lipinski definition) is 0. The predicted octanol–water partition coefficient (Wildman–Crippen LogP) is 2.79. The fourth-order valence-corrected chi connectivity index (χ4v) is 3.89. The molecule has 1 aromatic carbocycles. The van der Waals surface area contributed by atoms with Gasteiger partial charge in [0.05, 0.1) is 7.11 Å². The first-order valence-corrected chi connectivity index (χ1v) is 8.64. The summed E-state index contributed by atoms with van der Waals surface area (Å²) in [4.78, 5) is 27.1. The number of hydrogen-bond acceptors (Lipinski definition) is 4. The second kappa shape index (κ2) is 6.89. The van der Waals surface area contributed by atoms with Crippen molar-refractivity contribution in [3.8, 4) is 0 Å². The molecule has 24 heavy (non-hydrogen) atoms. The van der Waals surface area contributed by atoms with E-state index in [1.807, 2.05) is 30.3 Å². The Hall–Kier alpha value is -1.94. The largest absolute Gasteiger partial charge is 0.468 e. The molecular weight excluding hydrogens is 302 g/mol. The van der Waals surface area contributed by atoms with Crippen molar-refractivity contribution in [3.05, 3.63) is 42.0 Å². The van der Waals surface area contributed by atoms with Gasteiger partial charge in [0.2, 0.25) is 0 Å². The smallest absolute Gasteiger partial charge is 0.323 e. The first-order valence-electron chi connectivity index (χ1n) is 8.64. The molecule has 1 fully saturated rings. The van der Waals surface area contributed by atoms with Crippen LogP contribution < -0.4 is 0 Å². The molecule has 3 atom stereocenters. The zero-order chi connectivity index (χ0) is 17.3. The molecule has 2 aliphatic rings. The molecule has 1 aliphatic carbocycles. The van der Waals surface area contributed by atoms with Gasteiger partial charge in [-0.3, -0.25) is 14.5 Å². The van der Waals surface area contributed by atoms with Crippen LogP contribution in [0.15, 0.2) is 36.4 Å². The zero-order valence-corrected chi connectivity index (χ0v) is 14.6. The highest BCUT2D eigenvalue weighted by atomic mass is 16.5. The molecule has 128 valence electrons. The van der Waals surface area contributed by atoms with E-state index in [0.29, 0.717) is 12.5 Å². The Kier molecular flexibility index (Phi) is 4.86. The SMILES string of the molecule is COC(=O)[C@H](CC(C)C)N1CC2C=C(c3ccccc3)C(=O)C2C1. The number of Topliss-reactive ketones (excluding diaryl/α,β-unsaturated/α-hetero) is 1. The Bertz CT molecular complexity index is 650. The molecule has 1 aromatic rings. The van der Waals surface area contributed by atoms with Crippen molar-refractivity contribution in [2.24, 2.45) is 17.8 Å². The number of likely N-dealkylation sites (tertiary alicyclic amines) is 1. The van der Waals surface area contributed by atoms with Gasteiger partial charge in [0.1, 0.15) is 6.04 Å². The molecule has 4 nitrogen and oxygen atoms in total. The lowest BCUT2D eigenvalue weighted by Gasteiger charge is -2.27. The van der Waals surface area contributed by atoms with Crippen molar-refractivity contribution in [1.29, 1.82) is 0 Å². The van der Waals surface area contributed by atoms with Crippen molar-refractivity contribution >= 4 is 17.3 Å². The summed E-state index contributed by atoms with van der Waals surface area (Å²) in [7, 11) is 1.44. The lowest BCUT2D eigenvalue weighted by molar-refractivity contribution is -0.147. The number of methoxy groups -OCH3 is 1. The lowest BCUT2D eigenvalue weighted by atomic mass is 9.97. The van der Waals surface area contributed by atoms with Gasteiger partial charge in [-0.1, -0.05) is 50.3 Å². The van der Waals surface area contributed by atoms with E-state index in [1.54, 1.807) is 0 Å². The number of ketones is 1. The first-order chi connectivity index (χ1) is 11.5. The second-order valence-electron chi connectivity index (χ2n) is 7.20. The van der Waals surface area contributed by atoms with Gasteiger partial charge < -0.3 is 4.74 Å². The van der Waals surface area contributed by atoms with Crippen LogP contribution in [0.1, 0.15) is 25.8 Å². The Morgan fingerprint density at radius 1 is 1.25 bits per heavy atom. The Morgan fingerprint density at radius 3 is 2.54 bits per heavy atom. The summed E-state index contributed by atoms with van der Waals surface area (Å²) in [5.74, 6) is 0.595. The van der Waals surface area contributed by atoms with Crippen LogP contribution in [-0.4, -0.2) is 42.9 Å². The van der Waals surface area contributed by atoms with Crippen LogP contribution in [0.5, 0.6) is 0 Å². The maximum Gasteiger partial charge on any atom is 0.323 e. The quantitative estimate of drug-likeness (QED) is 0.780. The molecule has 0 aromatic heterocycles. The molecule has 0 spiro atoms. The van der Waals surface area contributed by atoms with Gasteiger partial charge in [-0.05, 0) is 17.9 Å². The molecule has 4 heteroatoms. The van der Waals surface area contributed by atoms with E-state index in [0.717, 1.165) is 24.1 Å². The minimum absolute atomic E-state index is 0.0282. The van der Waals surface area contributed by atoms with Crippen molar-refractivity contribution in [2.75, 3.05) is 20.2 Å². The predicted molar refractivity (Wildman–Crippen MR) is 93.2 cm³/mol. The van der Waals surface area contributed by atoms with Gasteiger partial charge >= 0.3 is 5.97 Å². The third-order valence-corrected chi connectivity index (χ3v) is 5.07. The third kappa shape index (κ3) is 3.16. The summed E-state index contributed by atoms with van der Waals surface area (Å²) in [5, 5.41) is 0. The highest BCUT2D eigenvalue weighted by Gasteiger charge is 2.45. The van der Waals surface area contributed by atoms with Crippen molar-refractivity contribution < 1.29 is 14.3 Å². The van der Waals surface area contributed by atoms with E-state index < -0.39 is 0 Å². The second-order valence-corrected chi connectivity index (χ2v) is 7.20. The minimum atomic E-state index is -0.248. The van der Waals surface area contributed by atoms with Crippen LogP contribution in [0.25, 0.3) is 5.57 Å². The van der Waals surface area contributed by atoms with E-state index in [-0.39, 0.29) is 29.6 Å². The first kappa shape index (κ1) is 16.9. The molecular formula is C20H25NO3. The molecule has 1 saturated heterocycles. The molecule has 1 heterocycles. The minimum Gasteiger partial charge on any atom is -0.468 e. The summed E-state index contributed by atoms with van der Waals surface area (Å²) in [6, 6.07) is 9.59. The average Bonchev–Trinajstić information content (AvgIpc) is 3.12. The number of esters is 1. The number of fused-ring (bicyclic) bond motifs is 1. The summed E-state index contributed by atoms with van der Waals surface area (Å²) < 4.78 is 4.98. The Morgan fingerprint density at radius 2 is 1.96 bits per heavy atom. The fourth-order valence-electron chi connectivity index (χ4n) is 3.89. The number of ether oxygens (including phenoxy) is 1. The van der Waals surface area contributed by atoms with Crippen LogP contribution in [0, 0.1) is 17.8 Å². The zero-order valence-electron chi connectivity index (χ0n) is 14.6. The summed E-state index contributed by atoms with van der Waals surface area (Å²) >= 11 is 0. The molecule has 0 N–H and O–H groups in total. The number of carbonyl (C=O) groups is 2. The number of benzene rings is 1. The normalized spacial score (nSPS) is 24.8. The highest BCUT2D eigenvalue weighted by molar-refractivity contribution is 6.24. The molecule has 0 bridgehead atoms. The lowest BCUT2D eigenvalue weighted by Crippen LogP contribution is -2.42. The number of carbonyl (C=O) groups excluding carboxylic acids is 2. The van der Waals surface area contributed by atoms with Crippen molar-refractivity contribution in [3.63, 3.8) is 0 Å². The number of rotatable bonds is 5. The molecule has 0 amide bonds. The summed E-state index contributed by atoms with van der Waals surface area (Å²) in [6.07, 6.45) is 2.86. The summed E-state index contributed by atoms with van der Waals surface area (Å²) in [5.41, 5.74) is 1.83. The van der Waals surface area contributed by atoms with E-state index in [1.165, 1.54) is 7.11 Å². The highest BCUT2D eigenvalue weighted by Crippen LogP contribution is 2.39. The maximum atomic E-state index is 12.8. The van der Waals surface area contributed by atoms with Gasteiger partial charge in [-0.25, -0.2) is 0 Å². The maximum absolute atomic E-state index is 12.8. The third-order valence-electron chi connectivity index (χ3n) is 5.07. The number of allylic oxidation sites excluding steroid dienone is 1. The van der Waals surface area contributed by atoms with Gasteiger partial charge in [0.15, 0.2) is 5.78 Å². The van der Waals surface area contributed by atoms with Gasteiger partial charge in [-0.2, -0.15) is 0 Å². The van der Waals surface area contributed by atoms with Gasteiger partial charge in [0, 0.05) is 30.5 Å². The fraction of sp³-hybridized carbons (Fsp3) is 0.500. The topological polar surface area (TPSA) is 46.6 Å². The molecule has 1 aliphatic heterocycles. The molecule has 3 rings (SSSR count). The Balaban J connectivity index is 1.77. The van der Waals surface area contributed by atoms with Crippen molar-refractivity contribution in [1.82, 2.24) is 4.90 Å². The Labute approximate surface area is 143 Å². The average molecular weight is 327 g/mol. The van der Waals surface area contributed by atoms with E-state index in [9.17, 15) is 9.59 Å². The van der Waals surface area contributed by atoms with E-state index in [4.69, 9.17) is 4.74 Å². The van der Waals surface area contributed by atoms with Crippen LogP contribution in [0.4, 0.5) is 0 Å². The van der Waals surface area contributed by atoms with Crippen molar-refractivity contribution in [2.45, 2.75) is 26.3 Å². The monoisotopic (exact) mass is 327 g/mol. The van der Waals surface area contributed by atoms with Gasteiger partial charge in [0.25, 0.3) is 0 Å². The van der Waals surface area contributed by atoms with Crippen LogP contribution >= 0.6 is 0 Å². The van der Waals surface area contributed by atoms with Gasteiger partial charge in [-0.15, -0.1) is 0 Å². The molecule has 0 saturated carbocycles. The summed E-state index contributed by atoms with van der Waals surface area (Å²) in [6.45, 7) is 5.60. The van der Waals surface area contributed by atoms with Crippen LogP contribution in [-0.2, 0) is 14.3 Å². The molecule has 2 unspecified atom stereocenters. The van der Waals surface area contributed by atoms with E-state index in [2.05, 4.69) is 24.8 Å². The van der Waals surface area contributed by atoms with Crippen LogP contribution in [0.2, 0.25) is 0 Å². The number of nitrogens with zero attached hydrogens (tertiary/aromatic N) is 1.